The molecule has 1 atom stereocenters. The number of amides is 1. The van der Waals surface area contributed by atoms with Crippen LogP contribution in [0.2, 0.25) is 0 Å². The van der Waals surface area contributed by atoms with Crippen molar-refractivity contribution in [3.05, 3.63) is 35.9 Å². The first kappa shape index (κ1) is 16.0. The number of likely N-dealkylation sites (tertiary alicyclic amines) is 1. The molecule has 1 saturated heterocycles. The zero-order valence-corrected chi connectivity index (χ0v) is 13.2. The Morgan fingerprint density at radius 2 is 1.95 bits per heavy atom. The Kier molecular flexibility index (Phi) is 5.76. The van der Waals surface area contributed by atoms with Crippen LogP contribution in [0.3, 0.4) is 0 Å². The Balaban J connectivity index is 1.91. The Morgan fingerprint density at radius 3 is 2.52 bits per heavy atom. The van der Waals surface area contributed by atoms with Crippen LogP contribution in [0.5, 0.6) is 0 Å². The van der Waals surface area contributed by atoms with Gasteiger partial charge in [-0.2, -0.15) is 0 Å². The maximum absolute atomic E-state index is 12.5. The number of likely N-dealkylation sites (N-methyl/N-ethyl adjacent to an activating group) is 1. The molecule has 21 heavy (non-hydrogen) atoms. The van der Waals surface area contributed by atoms with Crippen molar-refractivity contribution in [2.24, 2.45) is 5.73 Å². The molecule has 0 aliphatic carbocycles. The molecule has 1 amide bonds. The van der Waals surface area contributed by atoms with Gasteiger partial charge in [0.15, 0.2) is 0 Å². The molecule has 4 heteroatoms. The molecule has 4 nitrogen and oxygen atoms in total. The van der Waals surface area contributed by atoms with Crippen molar-refractivity contribution in [3.8, 4) is 0 Å². The summed E-state index contributed by atoms with van der Waals surface area (Å²) >= 11 is 0. The number of carbonyl (C=O) groups is 1. The van der Waals surface area contributed by atoms with Crippen molar-refractivity contribution in [1.29, 1.82) is 0 Å². The smallest absolute Gasteiger partial charge is 0.244 e. The second-order valence-corrected chi connectivity index (χ2v) is 5.91. The van der Waals surface area contributed by atoms with E-state index < -0.39 is 6.04 Å². The summed E-state index contributed by atoms with van der Waals surface area (Å²) in [5, 5.41) is 0. The van der Waals surface area contributed by atoms with Crippen LogP contribution in [-0.4, -0.2) is 48.4 Å². The molecular formula is C17H27N3O. The number of benzene rings is 1. The summed E-state index contributed by atoms with van der Waals surface area (Å²) in [5.74, 6) is 0.0233. The standard InChI is InChI=1S/C17H27N3O/c1-3-11-20-12-9-15(10-13-20)19(2)17(21)16(18)14-7-5-4-6-8-14/h4-8,15-16H,3,9-13,18H2,1-2H3/t16-/m0/s1. The van der Waals surface area contributed by atoms with Crippen LogP contribution in [0.1, 0.15) is 37.8 Å². The summed E-state index contributed by atoms with van der Waals surface area (Å²) < 4.78 is 0. The van der Waals surface area contributed by atoms with E-state index in [-0.39, 0.29) is 5.91 Å². The summed E-state index contributed by atoms with van der Waals surface area (Å²) in [5.41, 5.74) is 7.01. The fourth-order valence-electron chi connectivity index (χ4n) is 3.05. The molecule has 116 valence electrons. The number of rotatable bonds is 5. The molecule has 1 fully saturated rings. The van der Waals surface area contributed by atoms with Crippen molar-refractivity contribution in [3.63, 3.8) is 0 Å². The molecule has 1 aliphatic heterocycles. The lowest BCUT2D eigenvalue weighted by Crippen LogP contribution is -2.48. The molecule has 0 spiro atoms. The van der Waals surface area contributed by atoms with E-state index in [0.29, 0.717) is 6.04 Å². The first-order valence-corrected chi connectivity index (χ1v) is 7.93. The molecular weight excluding hydrogens is 262 g/mol. The summed E-state index contributed by atoms with van der Waals surface area (Å²) in [6.07, 6.45) is 3.28. The largest absolute Gasteiger partial charge is 0.341 e. The van der Waals surface area contributed by atoms with Crippen LogP contribution in [0, 0.1) is 0 Å². The van der Waals surface area contributed by atoms with E-state index in [1.54, 1.807) is 0 Å². The third kappa shape index (κ3) is 4.05. The van der Waals surface area contributed by atoms with Crippen molar-refractivity contribution in [2.75, 3.05) is 26.7 Å². The highest BCUT2D eigenvalue weighted by atomic mass is 16.2. The molecule has 2 rings (SSSR count). The van der Waals surface area contributed by atoms with Gasteiger partial charge < -0.3 is 15.5 Å². The SMILES string of the molecule is CCCN1CCC(N(C)C(=O)[C@@H](N)c2ccccc2)CC1. The zero-order valence-electron chi connectivity index (χ0n) is 13.2. The third-order valence-electron chi connectivity index (χ3n) is 4.42. The van der Waals surface area contributed by atoms with E-state index in [1.807, 2.05) is 42.3 Å². The lowest BCUT2D eigenvalue weighted by atomic mass is 10.0. The molecule has 1 aliphatic rings. The van der Waals surface area contributed by atoms with Crippen molar-refractivity contribution in [1.82, 2.24) is 9.80 Å². The summed E-state index contributed by atoms with van der Waals surface area (Å²) in [4.78, 5) is 16.9. The Bertz CT molecular complexity index is 441. The van der Waals surface area contributed by atoms with Crippen LogP contribution in [0.4, 0.5) is 0 Å². The quantitative estimate of drug-likeness (QED) is 0.902. The molecule has 0 radical (unpaired) electrons. The Morgan fingerprint density at radius 1 is 1.33 bits per heavy atom. The average molecular weight is 289 g/mol. The Labute approximate surface area is 127 Å². The van der Waals surface area contributed by atoms with E-state index in [2.05, 4.69) is 11.8 Å². The predicted molar refractivity (Wildman–Crippen MR) is 85.9 cm³/mol. The van der Waals surface area contributed by atoms with Gasteiger partial charge in [0.05, 0.1) is 0 Å². The first-order chi connectivity index (χ1) is 10.1. The van der Waals surface area contributed by atoms with Gasteiger partial charge >= 0.3 is 0 Å². The molecule has 0 unspecified atom stereocenters. The highest BCUT2D eigenvalue weighted by molar-refractivity contribution is 5.83. The van der Waals surface area contributed by atoms with Crippen LogP contribution < -0.4 is 5.73 Å². The summed E-state index contributed by atoms with van der Waals surface area (Å²) in [6, 6.07) is 9.39. The monoisotopic (exact) mass is 289 g/mol. The van der Waals surface area contributed by atoms with E-state index in [1.165, 1.54) is 6.42 Å². The highest BCUT2D eigenvalue weighted by Gasteiger charge is 2.28. The first-order valence-electron chi connectivity index (χ1n) is 7.93. The summed E-state index contributed by atoms with van der Waals surface area (Å²) in [6.45, 7) is 5.53. The number of nitrogens with two attached hydrogens (primary N) is 1. The number of hydrogen-bond acceptors (Lipinski definition) is 3. The maximum atomic E-state index is 12.5. The lowest BCUT2D eigenvalue weighted by Gasteiger charge is -2.37. The molecule has 1 aromatic carbocycles. The number of carbonyl (C=O) groups excluding carboxylic acids is 1. The number of hydrogen-bond donors (Lipinski definition) is 1. The van der Waals surface area contributed by atoms with Gasteiger partial charge in [0, 0.05) is 26.2 Å². The number of piperidine rings is 1. The minimum atomic E-state index is -0.551. The van der Waals surface area contributed by atoms with Crippen molar-refractivity contribution >= 4 is 5.91 Å². The fourth-order valence-corrected chi connectivity index (χ4v) is 3.05. The van der Waals surface area contributed by atoms with Gasteiger partial charge in [-0.1, -0.05) is 37.3 Å². The van der Waals surface area contributed by atoms with E-state index in [4.69, 9.17) is 5.73 Å². The van der Waals surface area contributed by atoms with Crippen LogP contribution in [0.25, 0.3) is 0 Å². The lowest BCUT2D eigenvalue weighted by molar-refractivity contribution is -0.134. The van der Waals surface area contributed by atoms with E-state index in [0.717, 1.165) is 38.0 Å². The van der Waals surface area contributed by atoms with Gasteiger partial charge in [0.25, 0.3) is 0 Å². The maximum Gasteiger partial charge on any atom is 0.244 e. The van der Waals surface area contributed by atoms with Crippen LogP contribution >= 0.6 is 0 Å². The van der Waals surface area contributed by atoms with Gasteiger partial charge in [-0.05, 0) is 31.4 Å². The molecule has 1 aromatic rings. The zero-order chi connectivity index (χ0) is 15.2. The second-order valence-electron chi connectivity index (χ2n) is 5.91. The highest BCUT2D eigenvalue weighted by Crippen LogP contribution is 2.19. The molecule has 0 saturated carbocycles. The van der Waals surface area contributed by atoms with E-state index in [9.17, 15) is 4.79 Å². The van der Waals surface area contributed by atoms with Crippen LogP contribution in [0.15, 0.2) is 30.3 Å². The van der Waals surface area contributed by atoms with Gasteiger partial charge in [0.2, 0.25) is 5.91 Å². The van der Waals surface area contributed by atoms with Gasteiger partial charge in [-0.3, -0.25) is 4.79 Å². The van der Waals surface area contributed by atoms with E-state index >= 15 is 0 Å². The fraction of sp³-hybridized carbons (Fsp3) is 0.588. The van der Waals surface area contributed by atoms with Crippen LogP contribution in [-0.2, 0) is 4.79 Å². The Hall–Kier alpha value is -1.39. The predicted octanol–water partition coefficient (Wildman–Crippen LogP) is 2.02. The van der Waals surface area contributed by atoms with Gasteiger partial charge in [-0.15, -0.1) is 0 Å². The normalized spacial score (nSPS) is 18.4. The second kappa shape index (κ2) is 7.57. The minimum absolute atomic E-state index is 0.0233. The van der Waals surface area contributed by atoms with Gasteiger partial charge in [0.1, 0.15) is 6.04 Å². The molecule has 1 heterocycles. The average Bonchev–Trinajstić information content (AvgIpc) is 2.54. The topological polar surface area (TPSA) is 49.6 Å². The summed E-state index contributed by atoms with van der Waals surface area (Å²) in [7, 11) is 1.89. The van der Waals surface area contributed by atoms with Crippen molar-refractivity contribution < 1.29 is 4.79 Å². The molecule has 2 N–H and O–H groups in total. The minimum Gasteiger partial charge on any atom is -0.341 e. The molecule has 0 bridgehead atoms. The van der Waals surface area contributed by atoms with Gasteiger partial charge in [-0.25, -0.2) is 0 Å². The third-order valence-corrected chi connectivity index (χ3v) is 4.42. The number of nitrogens with zero attached hydrogens (tertiary/aromatic N) is 2. The van der Waals surface area contributed by atoms with Crippen molar-refractivity contribution in [2.45, 2.75) is 38.3 Å². The molecule has 0 aromatic heterocycles.